The van der Waals surface area contributed by atoms with Crippen LogP contribution in [0.15, 0.2) is 53.8 Å². The number of methoxy groups -OCH3 is 1. The molecule has 2 heterocycles. The number of ketones is 1. The lowest BCUT2D eigenvalue weighted by atomic mass is 9.79. The van der Waals surface area contributed by atoms with Crippen LogP contribution in [0, 0.1) is 11.8 Å². The molecule has 2 aromatic rings. The van der Waals surface area contributed by atoms with Crippen molar-refractivity contribution in [2.24, 2.45) is 11.8 Å². The molecule has 1 fully saturated rings. The second kappa shape index (κ2) is 8.49. The fourth-order valence-electron chi connectivity index (χ4n) is 5.03. The normalized spacial score (nSPS) is 29.5. The average molecular weight is 484 g/mol. The Hall–Kier alpha value is -3.73. The van der Waals surface area contributed by atoms with Gasteiger partial charge in [-0.25, -0.2) is 0 Å². The molecule has 0 aromatic heterocycles. The minimum absolute atomic E-state index is 0.0532. The Morgan fingerprint density at radius 3 is 2.49 bits per heavy atom. The van der Waals surface area contributed by atoms with Gasteiger partial charge in [-0.1, -0.05) is 12.1 Å². The lowest BCUT2D eigenvalue weighted by Crippen LogP contribution is -2.44. The molecule has 3 aliphatic rings. The monoisotopic (exact) mass is 484 g/mol. The molecule has 6 atom stereocenters. The van der Waals surface area contributed by atoms with E-state index in [1.54, 1.807) is 18.2 Å². The predicted octanol–water partition coefficient (Wildman–Crippen LogP) is 1.86. The van der Waals surface area contributed by atoms with Gasteiger partial charge in [0.25, 0.3) is 0 Å². The highest BCUT2D eigenvalue weighted by Gasteiger charge is 2.49. The number of ether oxygens (including phenoxy) is 3. The molecular formula is C25H24O10. The molecule has 6 unspecified atom stereocenters. The van der Waals surface area contributed by atoms with Gasteiger partial charge in [0.2, 0.25) is 5.78 Å². The van der Waals surface area contributed by atoms with E-state index in [0.717, 1.165) is 12.1 Å². The number of hydrogen-bond donors (Lipinski definition) is 6. The van der Waals surface area contributed by atoms with Gasteiger partial charge in [-0.15, -0.1) is 0 Å². The summed E-state index contributed by atoms with van der Waals surface area (Å²) >= 11 is 0. The highest BCUT2D eigenvalue weighted by Crippen LogP contribution is 2.49. The predicted molar refractivity (Wildman–Crippen MR) is 120 cm³/mol. The number of hydrogen-bond acceptors (Lipinski definition) is 10. The highest BCUT2D eigenvalue weighted by atomic mass is 16.5. The molecule has 10 nitrogen and oxygen atoms in total. The zero-order chi connectivity index (χ0) is 25.0. The fraction of sp³-hybridized carbons (Fsp3) is 0.320. The zero-order valence-corrected chi connectivity index (χ0v) is 18.5. The van der Waals surface area contributed by atoms with Crippen molar-refractivity contribution in [1.82, 2.24) is 0 Å². The van der Waals surface area contributed by atoms with Crippen molar-refractivity contribution in [3.8, 4) is 28.7 Å². The molecule has 6 N–H and O–H groups in total. The summed E-state index contributed by atoms with van der Waals surface area (Å²) in [5, 5.41) is 61.4. The smallest absolute Gasteiger partial charge is 0.202 e. The standard InChI is InChI=1S/C25H24O10/c1-33-18-6-10(2-3-15(18)28)23-14(9-26)13-4-11(5-17(30)25(13)35-23)24-22(32)21(31)20-16(29)7-12(27)8-19(20)34-24/h2-8,13-14,22-30,32H,9H2,1H3. The number of phenolic OH excluding ortho intramolecular Hbond substituents is 3. The van der Waals surface area contributed by atoms with Crippen molar-refractivity contribution < 1.29 is 49.6 Å². The van der Waals surface area contributed by atoms with Crippen LogP contribution in [0.5, 0.6) is 28.7 Å². The lowest BCUT2D eigenvalue weighted by molar-refractivity contribution is 0.0202. The van der Waals surface area contributed by atoms with E-state index in [1.807, 2.05) is 0 Å². The first-order chi connectivity index (χ1) is 16.7. The fourth-order valence-corrected chi connectivity index (χ4v) is 5.03. The Morgan fingerprint density at radius 2 is 1.77 bits per heavy atom. The molecule has 0 radical (unpaired) electrons. The van der Waals surface area contributed by atoms with Crippen LogP contribution in [0.2, 0.25) is 0 Å². The van der Waals surface area contributed by atoms with Crippen molar-refractivity contribution in [3.63, 3.8) is 0 Å². The Morgan fingerprint density at radius 1 is 1.00 bits per heavy atom. The van der Waals surface area contributed by atoms with Gasteiger partial charge in [-0.3, -0.25) is 4.79 Å². The minimum atomic E-state index is -1.68. The van der Waals surface area contributed by atoms with E-state index in [9.17, 15) is 35.4 Å². The number of aliphatic hydroxyl groups is 3. The first kappa shape index (κ1) is 23.0. The van der Waals surface area contributed by atoms with Crippen LogP contribution in [0.25, 0.3) is 0 Å². The summed E-state index contributed by atoms with van der Waals surface area (Å²) in [4.78, 5) is 12.8. The Kier molecular flexibility index (Phi) is 5.59. The molecule has 35 heavy (non-hydrogen) atoms. The van der Waals surface area contributed by atoms with Gasteiger partial charge in [0.15, 0.2) is 23.7 Å². The van der Waals surface area contributed by atoms with Gasteiger partial charge < -0.3 is 44.8 Å². The summed E-state index contributed by atoms with van der Waals surface area (Å²) in [5.74, 6) is -2.78. The SMILES string of the molecule is COc1cc(C2OC3C(O)=CC(C4Oc5cc(O)cc(O)c5C(=O)C4O)=CC3C2CO)ccc1O. The first-order valence-electron chi connectivity index (χ1n) is 10.9. The maximum absolute atomic E-state index is 12.8. The molecule has 5 rings (SSSR count). The van der Waals surface area contributed by atoms with Gasteiger partial charge in [-0.05, 0) is 29.3 Å². The van der Waals surface area contributed by atoms with Crippen LogP contribution < -0.4 is 9.47 Å². The largest absolute Gasteiger partial charge is 0.510 e. The molecule has 0 amide bonds. The van der Waals surface area contributed by atoms with Gasteiger partial charge in [0.1, 0.15) is 34.7 Å². The van der Waals surface area contributed by atoms with Crippen molar-refractivity contribution in [2.75, 3.05) is 13.7 Å². The topological polar surface area (TPSA) is 166 Å². The third kappa shape index (κ3) is 3.66. The Balaban J connectivity index is 1.50. The van der Waals surface area contributed by atoms with E-state index in [1.165, 1.54) is 19.3 Å². The molecule has 0 spiro atoms. The minimum Gasteiger partial charge on any atom is -0.510 e. The quantitative estimate of drug-likeness (QED) is 0.377. The number of aliphatic hydroxyl groups excluding tert-OH is 3. The van der Waals surface area contributed by atoms with E-state index >= 15 is 0 Å². The summed E-state index contributed by atoms with van der Waals surface area (Å²) in [6.45, 7) is -0.302. The summed E-state index contributed by atoms with van der Waals surface area (Å²) in [5.41, 5.74) is 0.664. The number of phenols is 3. The van der Waals surface area contributed by atoms with E-state index in [0.29, 0.717) is 5.56 Å². The molecule has 0 bridgehead atoms. The van der Waals surface area contributed by atoms with E-state index < -0.39 is 47.8 Å². The Bertz CT molecular complexity index is 1250. The number of carbonyl (C=O) groups excluding carboxylic acids is 1. The van der Waals surface area contributed by atoms with Crippen LogP contribution in [0.4, 0.5) is 0 Å². The third-order valence-electron chi connectivity index (χ3n) is 6.71. The molecule has 10 heteroatoms. The van der Waals surface area contributed by atoms with Crippen LogP contribution >= 0.6 is 0 Å². The average Bonchev–Trinajstić information content (AvgIpc) is 3.20. The summed E-state index contributed by atoms with van der Waals surface area (Å²) in [6, 6.07) is 6.81. The molecule has 184 valence electrons. The van der Waals surface area contributed by atoms with Gasteiger partial charge in [0.05, 0.1) is 13.2 Å². The van der Waals surface area contributed by atoms with E-state index in [-0.39, 0.29) is 46.5 Å². The van der Waals surface area contributed by atoms with Gasteiger partial charge >= 0.3 is 0 Å². The number of Topliss-reactive ketones (excluding diaryl/α,β-unsaturated/α-hetero) is 1. The molecular weight excluding hydrogens is 460 g/mol. The van der Waals surface area contributed by atoms with Gasteiger partial charge in [-0.2, -0.15) is 0 Å². The second-order valence-corrected chi connectivity index (χ2v) is 8.75. The van der Waals surface area contributed by atoms with Crippen LogP contribution in [0.3, 0.4) is 0 Å². The molecule has 2 aromatic carbocycles. The number of carbonyl (C=O) groups is 1. The third-order valence-corrected chi connectivity index (χ3v) is 6.71. The maximum atomic E-state index is 12.8. The lowest BCUT2D eigenvalue weighted by Gasteiger charge is -2.33. The van der Waals surface area contributed by atoms with Crippen molar-refractivity contribution >= 4 is 5.78 Å². The summed E-state index contributed by atoms with van der Waals surface area (Å²) in [7, 11) is 1.41. The molecule has 0 saturated carbocycles. The molecule has 1 saturated heterocycles. The summed E-state index contributed by atoms with van der Waals surface area (Å²) in [6.07, 6.45) is -1.34. The number of benzene rings is 2. The highest BCUT2D eigenvalue weighted by molar-refractivity contribution is 6.05. The maximum Gasteiger partial charge on any atom is 0.202 e. The molecule has 2 aliphatic heterocycles. The van der Waals surface area contributed by atoms with Crippen molar-refractivity contribution in [1.29, 1.82) is 0 Å². The van der Waals surface area contributed by atoms with E-state index in [4.69, 9.17) is 14.2 Å². The Labute approximate surface area is 199 Å². The number of aromatic hydroxyl groups is 3. The molecule has 1 aliphatic carbocycles. The van der Waals surface area contributed by atoms with Crippen LogP contribution in [0.1, 0.15) is 22.0 Å². The van der Waals surface area contributed by atoms with Crippen LogP contribution in [-0.2, 0) is 4.74 Å². The van der Waals surface area contributed by atoms with Crippen LogP contribution in [-0.4, -0.2) is 68.5 Å². The summed E-state index contributed by atoms with van der Waals surface area (Å²) < 4.78 is 17.0. The van der Waals surface area contributed by atoms with Gasteiger partial charge in [0, 0.05) is 30.6 Å². The second-order valence-electron chi connectivity index (χ2n) is 8.75. The van der Waals surface area contributed by atoms with Crippen molar-refractivity contribution in [3.05, 3.63) is 64.9 Å². The zero-order valence-electron chi connectivity index (χ0n) is 18.5. The van der Waals surface area contributed by atoms with Crippen molar-refractivity contribution in [2.45, 2.75) is 24.4 Å². The van der Waals surface area contributed by atoms with E-state index in [2.05, 4.69) is 0 Å². The number of fused-ring (bicyclic) bond motifs is 2. The first-order valence-corrected chi connectivity index (χ1v) is 10.9. The number of rotatable bonds is 4.